The maximum absolute atomic E-state index is 9.61. The second-order valence-electron chi connectivity index (χ2n) is 6.11. The van der Waals surface area contributed by atoms with Gasteiger partial charge < -0.3 is 15.2 Å². The second kappa shape index (κ2) is 7.04. The van der Waals surface area contributed by atoms with Gasteiger partial charge in [-0.25, -0.2) is 0 Å². The maximum Gasteiger partial charge on any atom is 0.0897 e. The number of aliphatic hydroxyl groups is 1. The summed E-state index contributed by atoms with van der Waals surface area (Å²) in [5.41, 5.74) is 2.75. The van der Waals surface area contributed by atoms with E-state index in [1.807, 2.05) is 0 Å². The Bertz CT molecular complexity index is 367. The van der Waals surface area contributed by atoms with Gasteiger partial charge in [0.15, 0.2) is 0 Å². The van der Waals surface area contributed by atoms with Gasteiger partial charge in [0.25, 0.3) is 0 Å². The molecule has 19 heavy (non-hydrogen) atoms. The molecule has 0 bridgehead atoms. The molecule has 3 heteroatoms. The van der Waals surface area contributed by atoms with E-state index in [0.717, 1.165) is 0 Å². The first-order valence-electron chi connectivity index (χ1n) is 6.85. The molecule has 0 aliphatic heterocycles. The zero-order chi connectivity index (χ0) is 14.5. The molecule has 0 amide bonds. The molecule has 1 aromatic carbocycles. The van der Waals surface area contributed by atoms with Crippen LogP contribution in [0.25, 0.3) is 0 Å². The van der Waals surface area contributed by atoms with Crippen molar-refractivity contribution in [2.45, 2.75) is 45.3 Å². The number of ether oxygens (including phenoxy) is 1. The number of methoxy groups -OCH3 is 1. The number of rotatable bonds is 6. The molecule has 0 saturated carbocycles. The van der Waals surface area contributed by atoms with Crippen molar-refractivity contribution in [2.75, 3.05) is 20.3 Å². The molecule has 1 aromatic rings. The first-order chi connectivity index (χ1) is 8.84. The van der Waals surface area contributed by atoms with Gasteiger partial charge in [0.05, 0.1) is 12.7 Å². The predicted molar refractivity (Wildman–Crippen MR) is 79.4 cm³/mol. The molecule has 0 heterocycles. The van der Waals surface area contributed by atoms with Crippen LogP contribution in [0.15, 0.2) is 24.3 Å². The van der Waals surface area contributed by atoms with Crippen LogP contribution in [0.2, 0.25) is 0 Å². The van der Waals surface area contributed by atoms with Crippen molar-refractivity contribution in [3.05, 3.63) is 35.4 Å². The predicted octanol–water partition coefficient (Wildman–Crippen LogP) is 2.64. The standard InChI is InChI=1S/C16H27NO2/c1-12(17-10-15(18)11-19-5)13-6-8-14(9-7-13)16(2,3)4/h6-9,12,15,17-18H,10-11H2,1-5H3. The summed E-state index contributed by atoms with van der Waals surface area (Å²) in [6, 6.07) is 8.89. The molecular weight excluding hydrogens is 238 g/mol. The summed E-state index contributed by atoms with van der Waals surface area (Å²) in [5, 5.41) is 12.9. The molecule has 1 rings (SSSR count). The average Bonchev–Trinajstić information content (AvgIpc) is 2.35. The summed E-state index contributed by atoms with van der Waals surface area (Å²) in [6.45, 7) is 9.64. The van der Waals surface area contributed by atoms with Gasteiger partial charge in [-0.15, -0.1) is 0 Å². The van der Waals surface area contributed by atoms with E-state index in [2.05, 4.69) is 57.3 Å². The minimum atomic E-state index is -0.457. The van der Waals surface area contributed by atoms with E-state index in [4.69, 9.17) is 4.74 Å². The van der Waals surface area contributed by atoms with Gasteiger partial charge in [-0.05, 0) is 23.5 Å². The number of benzene rings is 1. The zero-order valence-corrected chi connectivity index (χ0v) is 12.7. The molecule has 0 spiro atoms. The second-order valence-corrected chi connectivity index (χ2v) is 6.11. The van der Waals surface area contributed by atoms with E-state index >= 15 is 0 Å². The van der Waals surface area contributed by atoms with Gasteiger partial charge in [0.2, 0.25) is 0 Å². The molecule has 0 aliphatic rings. The lowest BCUT2D eigenvalue weighted by atomic mass is 9.86. The highest BCUT2D eigenvalue weighted by Crippen LogP contribution is 2.23. The lowest BCUT2D eigenvalue weighted by molar-refractivity contribution is 0.0630. The van der Waals surface area contributed by atoms with Crippen LogP contribution >= 0.6 is 0 Å². The Balaban J connectivity index is 2.56. The minimum absolute atomic E-state index is 0.184. The average molecular weight is 265 g/mol. The maximum atomic E-state index is 9.61. The Kier molecular flexibility index (Phi) is 5.98. The molecule has 108 valence electrons. The molecule has 0 saturated heterocycles. The summed E-state index contributed by atoms with van der Waals surface area (Å²) >= 11 is 0. The fraction of sp³-hybridized carbons (Fsp3) is 0.625. The third kappa shape index (κ3) is 5.31. The van der Waals surface area contributed by atoms with Crippen LogP contribution in [0.3, 0.4) is 0 Å². The van der Waals surface area contributed by atoms with Gasteiger partial charge in [-0.3, -0.25) is 0 Å². The minimum Gasteiger partial charge on any atom is -0.389 e. The van der Waals surface area contributed by atoms with Crippen LogP contribution in [0.4, 0.5) is 0 Å². The fourth-order valence-corrected chi connectivity index (χ4v) is 1.95. The quantitative estimate of drug-likeness (QED) is 0.831. The van der Waals surface area contributed by atoms with E-state index in [1.165, 1.54) is 11.1 Å². The highest BCUT2D eigenvalue weighted by molar-refractivity contribution is 5.28. The molecule has 0 radical (unpaired) electrons. The summed E-state index contributed by atoms with van der Waals surface area (Å²) in [7, 11) is 1.60. The largest absolute Gasteiger partial charge is 0.389 e. The van der Waals surface area contributed by atoms with Gasteiger partial charge in [0.1, 0.15) is 0 Å². The molecule has 3 nitrogen and oxygen atoms in total. The molecule has 0 fully saturated rings. The van der Waals surface area contributed by atoms with Crippen LogP contribution in [0, 0.1) is 0 Å². The van der Waals surface area contributed by atoms with Crippen LogP contribution in [0.5, 0.6) is 0 Å². The Morgan fingerprint density at radius 3 is 2.26 bits per heavy atom. The van der Waals surface area contributed by atoms with Crippen molar-refractivity contribution in [1.29, 1.82) is 0 Å². The number of hydrogen-bond donors (Lipinski definition) is 2. The highest BCUT2D eigenvalue weighted by Gasteiger charge is 2.14. The van der Waals surface area contributed by atoms with Crippen LogP contribution in [-0.2, 0) is 10.2 Å². The van der Waals surface area contributed by atoms with E-state index in [1.54, 1.807) is 7.11 Å². The fourth-order valence-electron chi connectivity index (χ4n) is 1.95. The normalized spacial score (nSPS) is 15.3. The molecular formula is C16H27NO2. The van der Waals surface area contributed by atoms with Gasteiger partial charge >= 0.3 is 0 Å². The Hall–Kier alpha value is -0.900. The van der Waals surface area contributed by atoms with E-state index < -0.39 is 6.10 Å². The highest BCUT2D eigenvalue weighted by atomic mass is 16.5. The summed E-state index contributed by atoms with van der Waals surface area (Å²) in [6.07, 6.45) is -0.457. The zero-order valence-electron chi connectivity index (χ0n) is 12.7. The summed E-state index contributed by atoms with van der Waals surface area (Å²) < 4.78 is 4.90. The van der Waals surface area contributed by atoms with Crippen LogP contribution in [-0.4, -0.2) is 31.5 Å². The Labute approximate surface area is 117 Å². The van der Waals surface area contributed by atoms with Crippen molar-refractivity contribution in [1.82, 2.24) is 5.32 Å². The summed E-state index contributed by atoms with van der Waals surface area (Å²) in [4.78, 5) is 0. The molecule has 0 aliphatic carbocycles. The third-order valence-corrected chi connectivity index (χ3v) is 3.30. The summed E-state index contributed by atoms with van der Waals surface area (Å²) in [5.74, 6) is 0. The van der Waals surface area contributed by atoms with Gasteiger partial charge in [-0.2, -0.15) is 0 Å². The van der Waals surface area contributed by atoms with Crippen molar-refractivity contribution in [2.24, 2.45) is 0 Å². The Morgan fingerprint density at radius 1 is 1.21 bits per heavy atom. The first-order valence-corrected chi connectivity index (χ1v) is 6.85. The van der Waals surface area contributed by atoms with Crippen LogP contribution in [0.1, 0.15) is 44.9 Å². The van der Waals surface area contributed by atoms with Crippen LogP contribution < -0.4 is 5.32 Å². The Morgan fingerprint density at radius 2 is 1.79 bits per heavy atom. The number of nitrogens with one attached hydrogen (secondary N) is 1. The molecule has 2 unspecified atom stereocenters. The number of hydrogen-bond acceptors (Lipinski definition) is 3. The van der Waals surface area contributed by atoms with Crippen molar-refractivity contribution in [3.8, 4) is 0 Å². The van der Waals surface area contributed by atoms with E-state index in [9.17, 15) is 5.11 Å². The lowest BCUT2D eigenvalue weighted by Crippen LogP contribution is -2.31. The van der Waals surface area contributed by atoms with Gasteiger partial charge in [0, 0.05) is 19.7 Å². The van der Waals surface area contributed by atoms with E-state index in [-0.39, 0.29) is 11.5 Å². The van der Waals surface area contributed by atoms with Crippen molar-refractivity contribution < 1.29 is 9.84 Å². The van der Waals surface area contributed by atoms with Crippen molar-refractivity contribution in [3.63, 3.8) is 0 Å². The molecule has 2 N–H and O–H groups in total. The lowest BCUT2D eigenvalue weighted by Gasteiger charge is -2.21. The number of aliphatic hydroxyl groups excluding tert-OH is 1. The third-order valence-electron chi connectivity index (χ3n) is 3.30. The topological polar surface area (TPSA) is 41.5 Å². The smallest absolute Gasteiger partial charge is 0.0897 e. The van der Waals surface area contributed by atoms with E-state index in [0.29, 0.717) is 13.2 Å². The first kappa shape index (κ1) is 16.2. The van der Waals surface area contributed by atoms with Gasteiger partial charge in [-0.1, -0.05) is 45.0 Å². The van der Waals surface area contributed by atoms with Crippen molar-refractivity contribution >= 4 is 0 Å². The molecule has 2 atom stereocenters. The molecule has 0 aromatic heterocycles. The monoisotopic (exact) mass is 265 g/mol. The SMILES string of the molecule is COCC(O)CNC(C)c1ccc(C(C)(C)C)cc1.